The second kappa shape index (κ2) is 6.81. The van der Waals surface area contributed by atoms with Crippen molar-refractivity contribution in [1.29, 1.82) is 0 Å². The Morgan fingerprint density at radius 1 is 0.645 bits per heavy atom. The molecule has 0 aliphatic rings. The van der Waals surface area contributed by atoms with Gasteiger partial charge in [-0.2, -0.15) is 0 Å². The zero-order valence-electron chi connectivity index (χ0n) is 16.2. The SMILES string of the molecule is O=C(Oc1ccc2nc3c4cccnc4c4ncccc4c3nc2c1)c1ccccc1. The number of carbonyl (C=O) groups excluding carboxylic acids is 1. The maximum Gasteiger partial charge on any atom is 0.343 e. The van der Waals surface area contributed by atoms with Crippen molar-refractivity contribution < 1.29 is 9.53 Å². The number of ether oxygens (including phenoxy) is 1. The summed E-state index contributed by atoms with van der Waals surface area (Å²) in [6.07, 6.45) is 3.50. The molecule has 6 rings (SSSR count). The molecule has 6 nitrogen and oxygen atoms in total. The van der Waals surface area contributed by atoms with Crippen LogP contribution in [0, 0.1) is 0 Å². The Morgan fingerprint density at radius 2 is 1.29 bits per heavy atom. The van der Waals surface area contributed by atoms with Gasteiger partial charge in [-0.3, -0.25) is 9.97 Å². The normalized spacial score (nSPS) is 11.4. The van der Waals surface area contributed by atoms with E-state index in [1.54, 1.807) is 48.8 Å². The summed E-state index contributed by atoms with van der Waals surface area (Å²) >= 11 is 0. The van der Waals surface area contributed by atoms with Crippen molar-refractivity contribution >= 4 is 49.8 Å². The molecule has 6 aromatic rings. The van der Waals surface area contributed by atoms with Gasteiger partial charge >= 0.3 is 5.97 Å². The Bertz CT molecular complexity index is 1630. The summed E-state index contributed by atoms with van der Waals surface area (Å²) in [5, 5.41) is 1.78. The highest BCUT2D eigenvalue weighted by Crippen LogP contribution is 2.32. The largest absolute Gasteiger partial charge is 0.423 e. The lowest BCUT2D eigenvalue weighted by atomic mass is 10.1. The van der Waals surface area contributed by atoms with Crippen molar-refractivity contribution in [1.82, 2.24) is 19.9 Å². The number of pyridine rings is 2. The van der Waals surface area contributed by atoms with Gasteiger partial charge in [0.25, 0.3) is 0 Å². The molecule has 0 aliphatic heterocycles. The topological polar surface area (TPSA) is 77.9 Å². The van der Waals surface area contributed by atoms with Crippen molar-refractivity contribution in [2.45, 2.75) is 0 Å². The molecule has 0 saturated carbocycles. The van der Waals surface area contributed by atoms with E-state index in [0.717, 1.165) is 32.8 Å². The van der Waals surface area contributed by atoms with Gasteiger partial charge in [0.15, 0.2) is 0 Å². The molecule has 0 unspecified atom stereocenters. The second-order valence-corrected chi connectivity index (χ2v) is 7.13. The smallest absolute Gasteiger partial charge is 0.343 e. The molecule has 0 N–H and O–H groups in total. The highest BCUT2D eigenvalue weighted by Gasteiger charge is 2.14. The third-order valence-corrected chi connectivity index (χ3v) is 5.21. The molecule has 3 heterocycles. The van der Waals surface area contributed by atoms with Crippen LogP contribution >= 0.6 is 0 Å². The minimum absolute atomic E-state index is 0.416. The minimum atomic E-state index is -0.416. The quantitative estimate of drug-likeness (QED) is 0.174. The van der Waals surface area contributed by atoms with Crippen LogP contribution in [0.1, 0.15) is 10.4 Å². The van der Waals surface area contributed by atoms with Crippen LogP contribution in [0.3, 0.4) is 0 Å². The summed E-state index contributed by atoms with van der Waals surface area (Å²) in [4.78, 5) is 31.2. The van der Waals surface area contributed by atoms with Crippen LogP contribution in [-0.4, -0.2) is 25.9 Å². The van der Waals surface area contributed by atoms with Crippen LogP contribution in [0.15, 0.2) is 85.2 Å². The molecule has 0 atom stereocenters. The van der Waals surface area contributed by atoms with Crippen molar-refractivity contribution in [3.05, 3.63) is 90.8 Å². The van der Waals surface area contributed by atoms with Gasteiger partial charge in [-0.1, -0.05) is 18.2 Å². The molecule has 3 aromatic carbocycles. The van der Waals surface area contributed by atoms with Crippen LogP contribution in [0.2, 0.25) is 0 Å². The van der Waals surface area contributed by atoms with Gasteiger partial charge in [-0.05, 0) is 48.5 Å². The summed E-state index contributed by atoms with van der Waals surface area (Å²) in [7, 11) is 0. The number of nitrogens with zero attached hydrogens (tertiary/aromatic N) is 4. The molecule has 146 valence electrons. The summed E-state index contributed by atoms with van der Waals surface area (Å²) in [5.41, 5.74) is 4.93. The number of benzene rings is 3. The van der Waals surface area contributed by atoms with Crippen LogP contribution in [0.5, 0.6) is 5.75 Å². The molecule has 0 spiro atoms. The zero-order chi connectivity index (χ0) is 20.8. The lowest BCUT2D eigenvalue weighted by molar-refractivity contribution is 0.0735. The monoisotopic (exact) mass is 402 g/mol. The van der Waals surface area contributed by atoms with Gasteiger partial charge < -0.3 is 4.74 Å². The first-order valence-electron chi connectivity index (χ1n) is 9.78. The molecule has 0 bridgehead atoms. The number of hydrogen-bond donors (Lipinski definition) is 0. The van der Waals surface area contributed by atoms with Gasteiger partial charge in [0, 0.05) is 29.2 Å². The Hall–Kier alpha value is -4.45. The number of aromatic nitrogens is 4. The molecule has 3 aromatic heterocycles. The van der Waals surface area contributed by atoms with Gasteiger partial charge in [0.05, 0.1) is 38.7 Å². The molecule has 0 aliphatic carbocycles. The Kier molecular flexibility index (Phi) is 3.83. The molecular weight excluding hydrogens is 388 g/mol. The minimum Gasteiger partial charge on any atom is -0.423 e. The van der Waals surface area contributed by atoms with E-state index in [1.807, 2.05) is 36.4 Å². The molecule has 31 heavy (non-hydrogen) atoms. The van der Waals surface area contributed by atoms with Crippen LogP contribution in [0.4, 0.5) is 0 Å². The fourth-order valence-electron chi connectivity index (χ4n) is 3.78. The third-order valence-electron chi connectivity index (χ3n) is 5.21. The fourth-order valence-corrected chi connectivity index (χ4v) is 3.78. The molecule has 0 fully saturated rings. The van der Waals surface area contributed by atoms with E-state index >= 15 is 0 Å². The first-order valence-corrected chi connectivity index (χ1v) is 9.78. The lowest BCUT2D eigenvalue weighted by Crippen LogP contribution is -2.08. The summed E-state index contributed by atoms with van der Waals surface area (Å²) in [6.45, 7) is 0. The van der Waals surface area contributed by atoms with Gasteiger partial charge in [0.1, 0.15) is 5.75 Å². The van der Waals surface area contributed by atoms with Crippen LogP contribution in [-0.2, 0) is 0 Å². The van der Waals surface area contributed by atoms with Crippen molar-refractivity contribution in [3.63, 3.8) is 0 Å². The first-order chi connectivity index (χ1) is 15.3. The van der Waals surface area contributed by atoms with Crippen molar-refractivity contribution in [2.75, 3.05) is 0 Å². The maximum absolute atomic E-state index is 12.4. The highest BCUT2D eigenvalue weighted by atomic mass is 16.5. The van der Waals surface area contributed by atoms with Crippen molar-refractivity contribution in [2.24, 2.45) is 0 Å². The molecule has 0 saturated heterocycles. The first kappa shape index (κ1) is 17.4. The average Bonchev–Trinajstić information content (AvgIpc) is 2.84. The van der Waals surface area contributed by atoms with E-state index in [0.29, 0.717) is 22.3 Å². The van der Waals surface area contributed by atoms with E-state index in [1.165, 1.54) is 0 Å². The number of rotatable bonds is 2. The Balaban J connectivity index is 1.56. The lowest BCUT2D eigenvalue weighted by Gasteiger charge is -2.09. The van der Waals surface area contributed by atoms with Gasteiger partial charge in [-0.15, -0.1) is 0 Å². The molecule has 0 radical (unpaired) electrons. The fraction of sp³-hybridized carbons (Fsp3) is 0. The molecular formula is C25H14N4O2. The van der Waals surface area contributed by atoms with E-state index in [2.05, 4.69) is 9.97 Å². The van der Waals surface area contributed by atoms with E-state index in [9.17, 15) is 4.79 Å². The van der Waals surface area contributed by atoms with Crippen molar-refractivity contribution in [3.8, 4) is 5.75 Å². The van der Waals surface area contributed by atoms with Gasteiger partial charge in [0.2, 0.25) is 0 Å². The highest BCUT2D eigenvalue weighted by molar-refractivity contribution is 6.21. The van der Waals surface area contributed by atoms with E-state index in [4.69, 9.17) is 14.7 Å². The number of esters is 1. The predicted molar refractivity (Wildman–Crippen MR) is 119 cm³/mol. The summed E-state index contributed by atoms with van der Waals surface area (Å²) < 4.78 is 5.55. The van der Waals surface area contributed by atoms with Gasteiger partial charge in [-0.25, -0.2) is 14.8 Å². The Morgan fingerprint density at radius 3 is 1.97 bits per heavy atom. The predicted octanol–water partition coefficient (Wildman–Crippen LogP) is 5.10. The zero-order valence-corrected chi connectivity index (χ0v) is 16.2. The van der Waals surface area contributed by atoms with Crippen LogP contribution in [0.25, 0.3) is 43.9 Å². The summed E-state index contributed by atoms with van der Waals surface area (Å²) in [5.74, 6) is 0.000283. The average molecular weight is 402 g/mol. The molecule has 6 heteroatoms. The second-order valence-electron chi connectivity index (χ2n) is 7.13. The standard InChI is InChI=1S/C25H14N4O2/c30-25(15-6-2-1-3-7-15)31-16-10-11-19-20(14-16)29-24-18-9-5-13-27-22(18)21-17(23(24)28-19)8-4-12-26-21/h1-14H. The summed E-state index contributed by atoms with van der Waals surface area (Å²) in [6, 6.07) is 21.9. The van der Waals surface area contributed by atoms with E-state index < -0.39 is 5.97 Å². The number of hydrogen-bond acceptors (Lipinski definition) is 6. The van der Waals surface area contributed by atoms with Crippen LogP contribution < -0.4 is 4.74 Å². The number of fused-ring (bicyclic) bond motifs is 7. The third kappa shape index (κ3) is 2.85. The molecule has 0 amide bonds. The number of carbonyl (C=O) groups is 1. The maximum atomic E-state index is 12.4. The van der Waals surface area contributed by atoms with E-state index in [-0.39, 0.29) is 0 Å². The Labute approximate surface area is 176 Å².